The van der Waals surface area contributed by atoms with Crippen molar-refractivity contribution in [2.75, 3.05) is 29.5 Å². The number of hydrogen-bond donors (Lipinski definition) is 1. The van der Waals surface area contributed by atoms with Gasteiger partial charge in [-0.15, -0.1) is 10.2 Å². The molecule has 29 heavy (non-hydrogen) atoms. The van der Waals surface area contributed by atoms with Gasteiger partial charge in [0.2, 0.25) is 0 Å². The summed E-state index contributed by atoms with van der Waals surface area (Å²) in [6, 6.07) is 13.7. The first-order valence-electron chi connectivity index (χ1n) is 10.1. The molecule has 3 heterocycles. The number of hydrogen-bond acceptors (Lipinski definition) is 6. The van der Waals surface area contributed by atoms with Gasteiger partial charge in [-0.25, -0.2) is 8.42 Å². The molecule has 1 aromatic heterocycles. The van der Waals surface area contributed by atoms with Crippen LogP contribution in [-0.2, 0) is 16.3 Å². The fourth-order valence-electron chi connectivity index (χ4n) is 4.10. The van der Waals surface area contributed by atoms with E-state index in [0.29, 0.717) is 12.3 Å². The summed E-state index contributed by atoms with van der Waals surface area (Å²) in [4.78, 5) is 14.5. The molecule has 2 aliphatic heterocycles. The van der Waals surface area contributed by atoms with Gasteiger partial charge in [-0.1, -0.05) is 30.3 Å². The number of piperidine rings is 1. The van der Waals surface area contributed by atoms with Crippen LogP contribution in [0.15, 0.2) is 42.5 Å². The van der Waals surface area contributed by atoms with Gasteiger partial charge < -0.3 is 10.2 Å². The summed E-state index contributed by atoms with van der Waals surface area (Å²) in [6.45, 7) is 1.86. The van der Waals surface area contributed by atoms with Crippen LogP contribution in [0.25, 0.3) is 0 Å². The third-order valence-corrected chi connectivity index (χ3v) is 7.52. The number of carbonyl (C=O) groups excluding carboxylic acids is 1. The smallest absolute Gasteiger partial charge is 0.272 e. The van der Waals surface area contributed by atoms with Crippen molar-refractivity contribution in [3.8, 4) is 0 Å². The van der Waals surface area contributed by atoms with Crippen molar-refractivity contribution in [2.24, 2.45) is 5.92 Å². The number of aromatic nitrogens is 2. The number of nitrogens with one attached hydrogen (secondary N) is 1. The van der Waals surface area contributed by atoms with Gasteiger partial charge in [0.1, 0.15) is 0 Å². The Kier molecular flexibility index (Phi) is 5.80. The van der Waals surface area contributed by atoms with Gasteiger partial charge in [0.15, 0.2) is 21.3 Å². The van der Waals surface area contributed by atoms with Crippen LogP contribution in [0.5, 0.6) is 0 Å². The second-order valence-electron chi connectivity index (χ2n) is 7.97. The summed E-state index contributed by atoms with van der Waals surface area (Å²) in [5, 5.41) is 11.0. The zero-order valence-corrected chi connectivity index (χ0v) is 17.1. The van der Waals surface area contributed by atoms with Crippen molar-refractivity contribution in [3.05, 3.63) is 53.7 Å². The molecule has 154 valence electrons. The van der Waals surface area contributed by atoms with Crippen molar-refractivity contribution in [2.45, 2.75) is 31.7 Å². The highest BCUT2D eigenvalue weighted by atomic mass is 32.2. The van der Waals surface area contributed by atoms with Crippen LogP contribution in [0, 0.1) is 5.92 Å². The number of benzene rings is 1. The maximum absolute atomic E-state index is 12.3. The van der Waals surface area contributed by atoms with Crippen LogP contribution in [0.4, 0.5) is 5.82 Å². The monoisotopic (exact) mass is 414 g/mol. The summed E-state index contributed by atoms with van der Waals surface area (Å²) < 4.78 is 23.0. The second-order valence-corrected chi connectivity index (χ2v) is 10.2. The number of amides is 1. The molecule has 0 aliphatic carbocycles. The molecule has 7 nitrogen and oxygen atoms in total. The van der Waals surface area contributed by atoms with E-state index in [0.717, 1.165) is 38.2 Å². The quantitative estimate of drug-likeness (QED) is 0.803. The molecule has 0 unspecified atom stereocenters. The SMILES string of the molecule is O=C(N[C@@H]1CCS(=O)(=O)C1)c1ccc(N2CCC(Cc3ccccc3)CC2)nn1. The lowest BCUT2D eigenvalue weighted by molar-refractivity contribution is 0.0935. The zero-order chi connectivity index (χ0) is 20.3. The topological polar surface area (TPSA) is 92.3 Å². The minimum Gasteiger partial charge on any atom is -0.355 e. The Morgan fingerprint density at radius 3 is 2.41 bits per heavy atom. The minimum atomic E-state index is -3.03. The molecule has 1 aromatic carbocycles. The van der Waals surface area contributed by atoms with E-state index in [9.17, 15) is 13.2 Å². The molecule has 1 atom stereocenters. The maximum atomic E-state index is 12.3. The number of nitrogens with zero attached hydrogens (tertiary/aromatic N) is 3. The maximum Gasteiger partial charge on any atom is 0.272 e. The van der Waals surface area contributed by atoms with E-state index in [2.05, 4.69) is 44.7 Å². The summed E-state index contributed by atoms with van der Waals surface area (Å²) in [7, 11) is -3.03. The molecule has 1 N–H and O–H groups in total. The highest BCUT2D eigenvalue weighted by Gasteiger charge is 2.29. The predicted octanol–water partition coefficient (Wildman–Crippen LogP) is 1.85. The van der Waals surface area contributed by atoms with E-state index in [1.807, 2.05) is 12.1 Å². The average Bonchev–Trinajstić information content (AvgIpc) is 3.07. The number of anilines is 1. The lowest BCUT2D eigenvalue weighted by Gasteiger charge is -2.32. The second kappa shape index (κ2) is 8.49. The average molecular weight is 415 g/mol. The fourth-order valence-corrected chi connectivity index (χ4v) is 5.77. The first-order chi connectivity index (χ1) is 14.0. The van der Waals surface area contributed by atoms with Crippen molar-refractivity contribution in [3.63, 3.8) is 0 Å². The zero-order valence-electron chi connectivity index (χ0n) is 16.3. The highest BCUT2D eigenvalue weighted by molar-refractivity contribution is 7.91. The number of rotatable bonds is 5. The standard InChI is InChI=1S/C21H26N4O3S/c26-21(22-18-10-13-29(27,28)15-18)19-6-7-20(24-23-19)25-11-8-17(9-12-25)14-16-4-2-1-3-5-16/h1-7,17-18H,8-15H2,(H,22,26)/t18-/m1/s1. The van der Waals surface area contributed by atoms with Crippen molar-refractivity contribution in [1.82, 2.24) is 15.5 Å². The van der Waals surface area contributed by atoms with Crippen LogP contribution < -0.4 is 10.2 Å². The predicted molar refractivity (Wildman–Crippen MR) is 112 cm³/mol. The molecule has 0 radical (unpaired) electrons. The van der Waals surface area contributed by atoms with E-state index >= 15 is 0 Å². The Balaban J connectivity index is 1.29. The molecular weight excluding hydrogens is 388 g/mol. The molecule has 8 heteroatoms. The van der Waals surface area contributed by atoms with Gasteiger partial charge in [-0.2, -0.15) is 0 Å². The first kappa shape index (κ1) is 19.8. The highest BCUT2D eigenvalue weighted by Crippen LogP contribution is 2.24. The van der Waals surface area contributed by atoms with Gasteiger partial charge in [-0.05, 0) is 49.3 Å². The number of carbonyl (C=O) groups is 1. The molecule has 4 rings (SSSR count). The van der Waals surface area contributed by atoms with E-state index in [1.165, 1.54) is 5.56 Å². The molecule has 0 spiro atoms. The van der Waals surface area contributed by atoms with Crippen LogP contribution in [-0.4, -0.2) is 55.2 Å². The van der Waals surface area contributed by atoms with E-state index in [4.69, 9.17) is 0 Å². The van der Waals surface area contributed by atoms with E-state index in [1.54, 1.807) is 6.07 Å². The lowest BCUT2D eigenvalue weighted by Crippen LogP contribution is -2.37. The molecule has 2 fully saturated rings. The Bertz CT molecular complexity index is 940. The van der Waals surface area contributed by atoms with Crippen LogP contribution in [0.2, 0.25) is 0 Å². The summed E-state index contributed by atoms with van der Waals surface area (Å²) in [5.74, 6) is 1.22. The summed E-state index contributed by atoms with van der Waals surface area (Å²) in [6.07, 6.45) is 3.78. The van der Waals surface area contributed by atoms with Gasteiger partial charge >= 0.3 is 0 Å². The van der Waals surface area contributed by atoms with E-state index < -0.39 is 9.84 Å². The Labute approximate surface area is 171 Å². The molecule has 1 amide bonds. The summed E-state index contributed by atoms with van der Waals surface area (Å²) >= 11 is 0. The van der Waals surface area contributed by atoms with Crippen LogP contribution in [0.3, 0.4) is 0 Å². The van der Waals surface area contributed by atoms with Gasteiger partial charge in [0, 0.05) is 19.1 Å². The molecule has 2 aromatic rings. The van der Waals surface area contributed by atoms with Crippen LogP contribution in [0.1, 0.15) is 35.3 Å². The molecule has 0 saturated carbocycles. The van der Waals surface area contributed by atoms with Crippen molar-refractivity contribution in [1.29, 1.82) is 0 Å². The fraction of sp³-hybridized carbons (Fsp3) is 0.476. The molecular formula is C21H26N4O3S. The minimum absolute atomic E-state index is 0.00216. The summed E-state index contributed by atoms with van der Waals surface area (Å²) in [5.41, 5.74) is 1.60. The normalized spacial score (nSPS) is 21.8. The van der Waals surface area contributed by atoms with Gasteiger partial charge in [0.25, 0.3) is 5.91 Å². The third kappa shape index (κ3) is 5.12. The van der Waals surface area contributed by atoms with Gasteiger partial charge in [0.05, 0.1) is 11.5 Å². The van der Waals surface area contributed by atoms with Gasteiger partial charge in [-0.3, -0.25) is 4.79 Å². The van der Waals surface area contributed by atoms with E-state index in [-0.39, 0.29) is 29.1 Å². The van der Waals surface area contributed by atoms with Crippen LogP contribution >= 0.6 is 0 Å². The Morgan fingerprint density at radius 1 is 1.03 bits per heavy atom. The molecule has 2 saturated heterocycles. The Morgan fingerprint density at radius 2 is 1.79 bits per heavy atom. The first-order valence-corrected chi connectivity index (χ1v) is 11.9. The lowest BCUT2D eigenvalue weighted by atomic mass is 9.90. The van der Waals surface area contributed by atoms with Crippen molar-refractivity contribution >= 4 is 21.6 Å². The number of sulfone groups is 1. The molecule has 0 bridgehead atoms. The van der Waals surface area contributed by atoms with Crippen molar-refractivity contribution < 1.29 is 13.2 Å². The third-order valence-electron chi connectivity index (χ3n) is 5.76. The Hall–Kier alpha value is -2.48. The largest absolute Gasteiger partial charge is 0.355 e. The molecule has 2 aliphatic rings.